The first-order valence-corrected chi connectivity index (χ1v) is 32.5. The third-order valence-corrected chi connectivity index (χ3v) is 21.6. The van der Waals surface area contributed by atoms with Crippen molar-refractivity contribution in [1.82, 2.24) is 0 Å². The number of hydrogen-bond acceptors (Lipinski definition) is 6. The quantitative estimate of drug-likeness (QED) is 0.0486. The average Bonchev–Trinajstić information content (AvgIpc) is 3.73. The molecule has 0 amide bonds. The van der Waals surface area contributed by atoms with E-state index in [-0.39, 0.29) is 63.2 Å². The van der Waals surface area contributed by atoms with Gasteiger partial charge in [0.1, 0.15) is 12.2 Å². The molecule has 10 atom stereocenters. The largest absolute Gasteiger partial charge is 0.462 e. The van der Waals surface area contributed by atoms with Crippen LogP contribution in [0.2, 0.25) is 0 Å². The molecule has 4 aliphatic rings. The Labute approximate surface area is 453 Å². The Kier molecular flexibility index (Phi) is 28.3. The van der Waals surface area contributed by atoms with Gasteiger partial charge in [0.2, 0.25) is 0 Å². The maximum absolute atomic E-state index is 14.1. The monoisotopic (exact) mass is 1020 g/mol. The molecule has 73 heavy (non-hydrogen) atoms. The van der Waals surface area contributed by atoms with Gasteiger partial charge in [-0.05, 0) is 132 Å². The molecule has 0 aliphatic heterocycles. The summed E-state index contributed by atoms with van der Waals surface area (Å²) >= 11 is 0. The van der Waals surface area contributed by atoms with Gasteiger partial charge in [-0.3, -0.25) is 9.59 Å². The Bertz CT molecular complexity index is 1520. The highest BCUT2D eigenvalue weighted by atomic mass is 16.5. The van der Waals surface area contributed by atoms with Gasteiger partial charge in [0, 0.05) is 31.3 Å². The van der Waals surface area contributed by atoms with Crippen LogP contribution in [0, 0.1) is 45.3 Å². The predicted molar refractivity (Wildman–Crippen MR) is 309 cm³/mol. The third kappa shape index (κ3) is 19.0. The SMILES string of the molecule is CCCCCCCCCCCCCCCCCC(=O)O[C@H]1CC[C@]2(C)[C@H]3C[C@@H](OC(=O)CCCCCCCCCCCCCCCCC)[C@@H]4[C@@H]([C@](C)(O)CCCC(C)(C)OC)CC[C@@]4(C)[C@]3(C)CC[C@H]2C1(C)C. The molecule has 6 nitrogen and oxygen atoms in total. The van der Waals surface area contributed by atoms with Gasteiger partial charge in [-0.15, -0.1) is 0 Å². The van der Waals surface area contributed by atoms with Crippen LogP contribution >= 0.6 is 0 Å². The first-order chi connectivity index (χ1) is 34.8. The van der Waals surface area contributed by atoms with Crippen LogP contribution < -0.4 is 0 Å². The molecule has 0 spiro atoms. The second kappa shape index (κ2) is 32.1. The van der Waals surface area contributed by atoms with Gasteiger partial charge >= 0.3 is 11.9 Å². The fourth-order valence-electron chi connectivity index (χ4n) is 16.6. The Hall–Kier alpha value is -1.14. The summed E-state index contributed by atoms with van der Waals surface area (Å²) in [6.45, 7) is 23.5. The number of fused-ring (bicyclic) bond motifs is 5. The molecule has 0 unspecified atom stereocenters. The number of aliphatic hydroxyl groups is 1. The lowest BCUT2D eigenvalue weighted by atomic mass is 9.35. The van der Waals surface area contributed by atoms with E-state index in [0.717, 1.165) is 89.9 Å². The molecule has 1 N–H and O–H groups in total. The molecule has 0 aromatic carbocycles. The van der Waals surface area contributed by atoms with Gasteiger partial charge < -0.3 is 19.3 Å². The van der Waals surface area contributed by atoms with Crippen LogP contribution in [-0.2, 0) is 23.8 Å². The molecular weight excluding hydrogens is 901 g/mol. The number of rotatable bonds is 40. The van der Waals surface area contributed by atoms with E-state index in [2.05, 4.69) is 69.2 Å². The molecule has 0 radical (unpaired) electrons. The fraction of sp³-hybridized carbons (Fsp3) is 0.970. The van der Waals surface area contributed by atoms with Gasteiger partial charge in [-0.25, -0.2) is 0 Å². The molecule has 4 fully saturated rings. The number of carbonyl (C=O) groups is 2. The van der Waals surface area contributed by atoms with E-state index in [1.54, 1.807) is 7.11 Å². The minimum atomic E-state index is -0.855. The van der Waals surface area contributed by atoms with Crippen molar-refractivity contribution in [3.05, 3.63) is 0 Å². The molecular formula is C67H124O6. The van der Waals surface area contributed by atoms with Crippen LogP contribution in [0.15, 0.2) is 0 Å². The minimum absolute atomic E-state index is 0.000864. The van der Waals surface area contributed by atoms with Gasteiger partial charge in [0.05, 0.1) is 11.2 Å². The summed E-state index contributed by atoms with van der Waals surface area (Å²) < 4.78 is 19.2. The van der Waals surface area contributed by atoms with Crippen molar-refractivity contribution in [3.63, 3.8) is 0 Å². The van der Waals surface area contributed by atoms with Crippen LogP contribution in [0.25, 0.3) is 0 Å². The molecule has 6 heteroatoms. The summed E-state index contributed by atoms with van der Waals surface area (Å²) in [5, 5.41) is 12.6. The van der Waals surface area contributed by atoms with Crippen LogP contribution in [0.4, 0.5) is 0 Å². The van der Waals surface area contributed by atoms with Crippen LogP contribution in [0.3, 0.4) is 0 Å². The maximum atomic E-state index is 14.1. The van der Waals surface area contributed by atoms with Gasteiger partial charge in [-0.2, -0.15) is 0 Å². The molecule has 0 saturated heterocycles. The highest BCUT2D eigenvalue weighted by Crippen LogP contribution is 2.76. The molecule has 4 rings (SSSR count). The van der Waals surface area contributed by atoms with Gasteiger partial charge in [0.15, 0.2) is 0 Å². The molecule has 0 bridgehead atoms. The van der Waals surface area contributed by atoms with Crippen LogP contribution in [0.1, 0.15) is 339 Å². The van der Waals surface area contributed by atoms with E-state index in [1.165, 1.54) is 167 Å². The zero-order chi connectivity index (χ0) is 53.4. The predicted octanol–water partition coefficient (Wildman–Crippen LogP) is 20.0. The number of hydrogen-bond donors (Lipinski definition) is 1. The lowest BCUT2D eigenvalue weighted by Crippen LogP contribution is -2.67. The van der Waals surface area contributed by atoms with Crippen molar-refractivity contribution in [3.8, 4) is 0 Å². The van der Waals surface area contributed by atoms with Crippen LogP contribution in [0.5, 0.6) is 0 Å². The number of carbonyl (C=O) groups excluding carboxylic acids is 2. The molecule has 428 valence electrons. The topological polar surface area (TPSA) is 82.1 Å². The first kappa shape index (κ1) is 64.4. The highest BCUT2D eigenvalue weighted by Gasteiger charge is 2.72. The number of esters is 2. The summed E-state index contributed by atoms with van der Waals surface area (Å²) in [5.41, 5.74) is -1.20. The first-order valence-electron chi connectivity index (χ1n) is 32.5. The van der Waals surface area contributed by atoms with E-state index in [1.807, 2.05) is 0 Å². The van der Waals surface area contributed by atoms with Crippen molar-refractivity contribution < 1.29 is 28.9 Å². The minimum Gasteiger partial charge on any atom is -0.462 e. The Morgan fingerprint density at radius 1 is 0.493 bits per heavy atom. The Morgan fingerprint density at radius 2 is 0.904 bits per heavy atom. The van der Waals surface area contributed by atoms with E-state index in [0.29, 0.717) is 24.7 Å². The zero-order valence-corrected chi connectivity index (χ0v) is 50.7. The number of unbranched alkanes of at least 4 members (excludes halogenated alkanes) is 28. The fourth-order valence-corrected chi connectivity index (χ4v) is 16.6. The Balaban J connectivity index is 1.32. The van der Waals surface area contributed by atoms with Crippen molar-refractivity contribution in [2.45, 2.75) is 362 Å². The van der Waals surface area contributed by atoms with E-state index in [4.69, 9.17) is 14.2 Å². The second-order valence-corrected chi connectivity index (χ2v) is 27.8. The lowest BCUT2D eigenvalue weighted by molar-refractivity contribution is -0.253. The van der Waals surface area contributed by atoms with Crippen molar-refractivity contribution in [1.29, 1.82) is 0 Å². The average molecular weight is 1030 g/mol. The number of methoxy groups -OCH3 is 1. The molecule has 0 aromatic rings. The van der Waals surface area contributed by atoms with Gasteiger partial charge in [-0.1, -0.05) is 228 Å². The normalized spacial score (nSPS) is 29.5. The molecule has 0 heterocycles. The lowest BCUT2D eigenvalue weighted by Gasteiger charge is -2.70. The van der Waals surface area contributed by atoms with Crippen LogP contribution in [-0.4, -0.2) is 47.6 Å². The van der Waals surface area contributed by atoms with Gasteiger partial charge in [0.25, 0.3) is 0 Å². The smallest absolute Gasteiger partial charge is 0.306 e. The maximum Gasteiger partial charge on any atom is 0.306 e. The van der Waals surface area contributed by atoms with E-state index in [9.17, 15) is 14.7 Å². The molecule has 4 aliphatic carbocycles. The van der Waals surface area contributed by atoms with Crippen molar-refractivity contribution in [2.75, 3.05) is 7.11 Å². The second-order valence-electron chi connectivity index (χ2n) is 27.8. The van der Waals surface area contributed by atoms with E-state index >= 15 is 0 Å². The van der Waals surface area contributed by atoms with Crippen molar-refractivity contribution >= 4 is 11.9 Å². The van der Waals surface area contributed by atoms with Crippen molar-refractivity contribution in [2.24, 2.45) is 45.3 Å². The zero-order valence-electron chi connectivity index (χ0n) is 50.7. The number of ether oxygens (including phenoxy) is 3. The summed E-state index contributed by atoms with van der Waals surface area (Å²) in [6.07, 6.45) is 49.8. The Morgan fingerprint density at radius 3 is 1.34 bits per heavy atom. The third-order valence-electron chi connectivity index (χ3n) is 21.6. The summed E-state index contributed by atoms with van der Waals surface area (Å²) in [6, 6.07) is 0. The van der Waals surface area contributed by atoms with E-state index < -0.39 is 5.60 Å². The summed E-state index contributed by atoms with van der Waals surface area (Å²) in [7, 11) is 1.79. The summed E-state index contributed by atoms with van der Waals surface area (Å²) in [4.78, 5) is 27.7. The highest BCUT2D eigenvalue weighted by molar-refractivity contribution is 5.70. The standard InChI is InChI=1S/C67H124O6/c1-12-14-16-18-20-22-24-26-28-30-32-34-36-38-40-43-59(68)72-55-53-57-64(7)50-47-58(73-60(69)44-41-39-37-35-33-31-29-27-25-23-21-19-17-15-13-2)63(5,6)56(64)46-52-65(57,8)66(9)51-45-54(61(55)66)67(10,70)49-42-48-62(3,4)71-11/h54-58,61,70H,12-53H2,1-11H3/t54-,55+,56-,57+,58-,61-,64-,65+,66+,67+/m0/s1. The molecule has 0 aromatic heterocycles. The summed E-state index contributed by atoms with van der Waals surface area (Å²) in [5.74, 6) is 0.963. The molecule has 4 saturated carbocycles.